The van der Waals surface area contributed by atoms with Gasteiger partial charge in [-0.25, -0.2) is 4.98 Å². The topological polar surface area (TPSA) is 60.9 Å². The van der Waals surface area contributed by atoms with Gasteiger partial charge in [0.15, 0.2) is 0 Å². The van der Waals surface area contributed by atoms with Crippen LogP contribution in [-0.2, 0) is 25.6 Å². The first-order valence-electron chi connectivity index (χ1n) is 8.20. The summed E-state index contributed by atoms with van der Waals surface area (Å²) in [6.07, 6.45) is 1.83. The van der Waals surface area contributed by atoms with Crippen molar-refractivity contribution >= 4 is 17.2 Å². The summed E-state index contributed by atoms with van der Waals surface area (Å²) in [4.78, 5) is 18.6. The van der Waals surface area contributed by atoms with Crippen molar-refractivity contribution in [2.45, 2.75) is 51.5 Å². The van der Waals surface area contributed by atoms with Crippen LogP contribution < -0.4 is 0 Å². The molecule has 7 heteroatoms. The summed E-state index contributed by atoms with van der Waals surface area (Å²) in [6, 6.07) is 0.110. The average Bonchev–Trinajstić information content (AvgIpc) is 3.16. The highest BCUT2D eigenvalue weighted by molar-refractivity contribution is 7.09. The van der Waals surface area contributed by atoms with Gasteiger partial charge in [0, 0.05) is 18.5 Å². The van der Waals surface area contributed by atoms with E-state index in [1.165, 1.54) is 0 Å². The first kappa shape index (κ1) is 16.8. The molecule has 2 heterocycles. The summed E-state index contributed by atoms with van der Waals surface area (Å²) in [6.45, 7) is 6.32. The van der Waals surface area contributed by atoms with Crippen molar-refractivity contribution in [1.29, 1.82) is 0 Å². The standard InChI is InChI=1S/C16H24N2O4S/c1-3-20-9-15(19)18-6-7-21-16-13(18)4-5-14(16)22-8-12-10-23-11(2)17-12/h10,13-14,16H,3-9H2,1-2H3/t13-,14+,16+/m0/s1. The van der Waals surface area contributed by atoms with Crippen LogP contribution in [0.5, 0.6) is 0 Å². The Hall–Kier alpha value is -1.02. The Morgan fingerprint density at radius 2 is 2.39 bits per heavy atom. The summed E-state index contributed by atoms with van der Waals surface area (Å²) in [7, 11) is 0. The van der Waals surface area contributed by atoms with Crippen LogP contribution in [-0.4, -0.2) is 60.4 Å². The third kappa shape index (κ3) is 3.91. The Bertz CT molecular complexity index is 536. The number of nitrogens with zero attached hydrogens (tertiary/aromatic N) is 2. The monoisotopic (exact) mass is 340 g/mol. The van der Waals surface area contributed by atoms with E-state index in [4.69, 9.17) is 14.2 Å². The fourth-order valence-electron chi connectivity index (χ4n) is 3.34. The van der Waals surface area contributed by atoms with Crippen molar-refractivity contribution in [2.24, 2.45) is 0 Å². The van der Waals surface area contributed by atoms with Gasteiger partial charge in [-0.05, 0) is 26.7 Å². The number of amides is 1. The van der Waals surface area contributed by atoms with Crippen molar-refractivity contribution in [2.75, 3.05) is 26.4 Å². The third-order valence-electron chi connectivity index (χ3n) is 4.40. The highest BCUT2D eigenvalue weighted by atomic mass is 32.1. The SMILES string of the molecule is CCOCC(=O)N1CCO[C@H]2[C@H](OCc3csc(C)n3)CC[C@@H]21. The number of hydrogen-bond acceptors (Lipinski definition) is 6. The van der Waals surface area contributed by atoms with E-state index in [1.807, 2.05) is 24.1 Å². The molecule has 1 saturated heterocycles. The van der Waals surface area contributed by atoms with Gasteiger partial charge in [-0.3, -0.25) is 4.79 Å². The molecule has 1 aromatic heterocycles. The highest BCUT2D eigenvalue weighted by Crippen LogP contribution is 2.32. The minimum Gasteiger partial charge on any atom is -0.372 e. The summed E-state index contributed by atoms with van der Waals surface area (Å²) >= 11 is 1.63. The summed E-state index contributed by atoms with van der Waals surface area (Å²) in [5.74, 6) is 0.0564. The van der Waals surface area contributed by atoms with Crippen molar-refractivity contribution in [3.05, 3.63) is 16.1 Å². The van der Waals surface area contributed by atoms with E-state index < -0.39 is 0 Å². The average molecular weight is 340 g/mol. The van der Waals surface area contributed by atoms with Crippen LogP contribution in [0.2, 0.25) is 0 Å². The molecule has 3 rings (SSSR count). The molecule has 1 saturated carbocycles. The third-order valence-corrected chi connectivity index (χ3v) is 5.22. The fourth-order valence-corrected chi connectivity index (χ4v) is 3.94. The molecule has 2 fully saturated rings. The second-order valence-electron chi connectivity index (χ2n) is 5.91. The first-order chi connectivity index (χ1) is 11.2. The lowest BCUT2D eigenvalue weighted by molar-refractivity contribution is -0.156. The molecule has 1 aliphatic heterocycles. The maximum Gasteiger partial charge on any atom is 0.248 e. The molecule has 2 aliphatic rings. The van der Waals surface area contributed by atoms with Crippen molar-refractivity contribution in [1.82, 2.24) is 9.88 Å². The van der Waals surface area contributed by atoms with Gasteiger partial charge >= 0.3 is 0 Å². The van der Waals surface area contributed by atoms with Gasteiger partial charge in [-0.2, -0.15) is 0 Å². The molecule has 0 spiro atoms. The van der Waals surface area contributed by atoms with Gasteiger partial charge < -0.3 is 19.1 Å². The Morgan fingerprint density at radius 1 is 1.52 bits per heavy atom. The van der Waals surface area contributed by atoms with Crippen molar-refractivity contribution in [3.63, 3.8) is 0 Å². The largest absolute Gasteiger partial charge is 0.372 e. The summed E-state index contributed by atoms with van der Waals surface area (Å²) in [5.41, 5.74) is 0.969. The molecule has 3 atom stereocenters. The maximum absolute atomic E-state index is 12.3. The number of aryl methyl sites for hydroxylation is 1. The first-order valence-corrected chi connectivity index (χ1v) is 9.08. The second kappa shape index (κ2) is 7.70. The Morgan fingerprint density at radius 3 is 3.13 bits per heavy atom. The zero-order chi connectivity index (χ0) is 16.2. The number of carbonyl (C=O) groups excluding carboxylic acids is 1. The van der Waals surface area contributed by atoms with E-state index in [9.17, 15) is 4.79 Å². The summed E-state index contributed by atoms with van der Waals surface area (Å²) in [5, 5.41) is 3.08. The number of ether oxygens (including phenoxy) is 3. The van der Waals surface area contributed by atoms with Gasteiger partial charge in [0.2, 0.25) is 5.91 Å². The quantitative estimate of drug-likeness (QED) is 0.790. The van der Waals surface area contributed by atoms with Crippen LogP contribution in [0.15, 0.2) is 5.38 Å². The molecule has 1 amide bonds. The molecule has 0 radical (unpaired) electrons. The molecule has 128 valence electrons. The molecule has 0 bridgehead atoms. The van der Waals surface area contributed by atoms with Crippen LogP contribution in [0.1, 0.15) is 30.5 Å². The van der Waals surface area contributed by atoms with Gasteiger partial charge in [0.1, 0.15) is 12.7 Å². The van der Waals surface area contributed by atoms with E-state index in [-0.39, 0.29) is 30.8 Å². The minimum atomic E-state index is -0.0333. The molecule has 6 nitrogen and oxygen atoms in total. The smallest absolute Gasteiger partial charge is 0.248 e. The van der Waals surface area contributed by atoms with Crippen LogP contribution in [0, 0.1) is 6.92 Å². The maximum atomic E-state index is 12.3. The molecule has 1 aromatic rings. The number of carbonyl (C=O) groups is 1. The Labute approximate surface area is 140 Å². The van der Waals surface area contributed by atoms with Crippen molar-refractivity contribution < 1.29 is 19.0 Å². The normalized spacial score (nSPS) is 27.2. The number of aromatic nitrogens is 1. The minimum absolute atomic E-state index is 0.0321. The van der Waals surface area contributed by atoms with E-state index in [2.05, 4.69) is 4.98 Å². The van der Waals surface area contributed by atoms with Gasteiger partial charge in [0.25, 0.3) is 0 Å². The van der Waals surface area contributed by atoms with Gasteiger partial charge in [-0.1, -0.05) is 0 Å². The summed E-state index contributed by atoms with van der Waals surface area (Å²) < 4.78 is 17.2. The lowest BCUT2D eigenvalue weighted by Crippen LogP contribution is -2.54. The van der Waals surface area contributed by atoms with E-state index in [1.54, 1.807) is 11.3 Å². The fraction of sp³-hybridized carbons (Fsp3) is 0.750. The molecular weight excluding hydrogens is 316 g/mol. The predicted octanol–water partition coefficient (Wildman–Crippen LogP) is 1.76. The number of thiazole rings is 1. The second-order valence-corrected chi connectivity index (χ2v) is 6.97. The molecule has 23 heavy (non-hydrogen) atoms. The number of rotatable bonds is 6. The molecular formula is C16H24N2O4S. The van der Waals surface area contributed by atoms with Crippen LogP contribution in [0.4, 0.5) is 0 Å². The number of fused-ring (bicyclic) bond motifs is 1. The Balaban J connectivity index is 1.56. The number of morpholine rings is 1. The van der Waals surface area contributed by atoms with E-state index in [0.717, 1.165) is 23.5 Å². The molecule has 0 unspecified atom stereocenters. The molecule has 0 aromatic carbocycles. The highest BCUT2D eigenvalue weighted by Gasteiger charge is 2.44. The number of hydrogen-bond donors (Lipinski definition) is 0. The van der Waals surface area contributed by atoms with Gasteiger partial charge in [-0.15, -0.1) is 11.3 Å². The Kier molecular flexibility index (Phi) is 5.63. The van der Waals surface area contributed by atoms with E-state index >= 15 is 0 Å². The van der Waals surface area contributed by atoms with Gasteiger partial charge in [0.05, 0.1) is 36.1 Å². The van der Waals surface area contributed by atoms with Crippen LogP contribution in [0.25, 0.3) is 0 Å². The van der Waals surface area contributed by atoms with Crippen LogP contribution in [0.3, 0.4) is 0 Å². The lowest BCUT2D eigenvalue weighted by atomic mass is 10.1. The predicted molar refractivity (Wildman–Crippen MR) is 86.4 cm³/mol. The molecule has 0 N–H and O–H groups in total. The van der Waals surface area contributed by atoms with Crippen molar-refractivity contribution in [3.8, 4) is 0 Å². The zero-order valence-electron chi connectivity index (χ0n) is 13.7. The van der Waals surface area contributed by atoms with Crippen LogP contribution >= 0.6 is 11.3 Å². The zero-order valence-corrected chi connectivity index (χ0v) is 14.5. The molecule has 1 aliphatic carbocycles. The lowest BCUT2D eigenvalue weighted by Gasteiger charge is -2.39. The van der Waals surface area contributed by atoms with E-state index in [0.29, 0.717) is 26.4 Å².